The van der Waals surface area contributed by atoms with E-state index >= 15 is 0 Å². The molecule has 6 heteroatoms. The van der Waals surface area contributed by atoms with Crippen LogP contribution in [0.1, 0.15) is 12.0 Å². The minimum atomic E-state index is -1.22. The standard InChI is InChI=1S/C18H16N2O3S/c21-17(20-14-6-7-16-15(10-14)19-11-24-16)9-13(18(22)23)8-12-4-2-1-3-5-12/h1-7,10-11,13H,8-9H2,(H,20,21)(H,22,23)/p-1. The molecule has 1 unspecified atom stereocenters. The fraction of sp³-hybridized carbons (Fsp3) is 0.167. The van der Waals surface area contributed by atoms with Crippen molar-refractivity contribution < 1.29 is 14.7 Å². The first-order valence-electron chi connectivity index (χ1n) is 7.50. The maximum atomic E-state index is 12.2. The van der Waals surface area contributed by atoms with Crippen LogP contribution >= 0.6 is 11.3 Å². The van der Waals surface area contributed by atoms with Crippen LogP contribution in [0.2, 0.25) is 0 Å². The van der Waals surface area contributed by atoms with Gasteiger partial charge in [-0.05, 0) is 30.2 Å². The summed E-state index contributed by atoms with van der Waals surface area (Å²) in [5, 5.41) is 14.1. The van der Waals surface area contributed by atoms with Crippen molar-refractivity contribution in [1.82, 2.24) is 4.98 Å². The molecule has 0 saturated carbocycles. The van der Waals surface area contributed by atoms with Gasteiger partial charge in [-0.15, -0.1) is 11.3 Å². The van der Waals surface area contributed by atoms with Crippen molar-refractivity contribution in [2.24, 2.45) is 5.92 Å². The first-order chi connectivity index (χ1) is 11.6. The normalized spacial score (nSPS) is 12.0. The van der Waals surface area contributed by atoms with Gasteiger partial charge in [0.1, 0.15) is 0 Å². The van der Waals surface area contributed by atoms with Gasteiger partial charge >= 0.3 is 0 Å². The summed E-state index contributed by atoms with van der Waals surface area (Å²) in [6.45, 7) is 0. The van der Waals surface area contributed by atoms with Crippen molar-refractivity contribution >= 4 is 39.1 Å². The Bertz CT molecular complexity index is 861. The summed E-state index contributed by atoms with van der Waals surface area (Å²) in [6.07, 6.45) is 0.133. The number of fused-ring (bicyclic) bond motifs is 1. The van der Waals surface area contributed by atoms with Gasteiger partial charge in [-0.3, -0.25) is 4.79 Å². The number of amides is 1. The molecule has 0 aliphatic rings. The zero-order chi connectivity index (χ0) is 16.9. The van der Waals surface area contributed by atoms with Crippen LogP contribution in [0.15, 0.2) is 54.0 Å². The van der Waals surface area contributed by atoms with E-state index in [2.05, 4.69) is 10.3 Å². The molecule has 3 rings (SSSR count). The lowest BCUT2D eigenvalue weighted by atomic mass is 9.96. The van der Waals surface area contributed by atoms with Crippen LogP contribution in [0.4, 0.5) is 5.69 Å². The summed E-state index contributed by atoms with van der Waals surface area (Å²) in [4.78, 5) is 27.7. The number of aliphatic carboxylic acids is 1. The number of thiazole rings is 1. The lowest BCUT2D eigenvalue weighted by molar-refractivity contribution is -0.311. The molecular formula is C18H15N2O3S-. The number of nitrogens with zero attached hydrogens (tertiary/aromatic N) is 1. The SMILES string of the molecule is O=C(CC(Cc1ccccc1)C(=O)[O-])Nc1ccc2scnc2c1. The molecule has 1 N–H and O–H groups in total. The molecule has 0 bridgehead atoms. The number of rotatable bonds is 6. The number of carboxylic acids is 1. The summed E-state index contributed by atoms with van der Waals surface area (Å²) in [6, 6.07) is 14.6. The van der Waals surface area contributed by atoms with Crippen LogP contribution in [0.5, 0.6) is 0 Å². The van der Waals surface area contributed by atoms with Gasteiger partial charge < -0.3 is 15.2 Å². The number of carboxylic acid groups (broad SMARTS) is 1. The zero-order valence-electron chi connectivity index (χ0n) is 12.8. The molecule has 0 spiro atoms. The summed E-state index contributed by atoms with van der Waals surface area (Å²) < 4.78 is 1.03. The van der Waals surface area contributed by atoms with E-state index in [0.717, 1.165) is 15.8 Å². The third-order valence-corrected chi connectivity index (χ3v) is 4.51. The van der Waals surface area contributed by atoms with Gasteiger partial charge in [-0.1, -0.05) is 30.3 Å². The number of benzene rings is 2. The van der Waals surface area contributed by atoms with Gasteiger partial charge in [0.15, 0.2) is 0 Å². The van der Waals surface area contributed by atoms with Crippen molar-refractivity contribution in [3.8, 4) is 0 Å². The molecule has 2 aromatic carbocycles. The fourth-order valence-electron chi connectivity index (χ4n) is 2.51. The molecule has 1 aromatic heterocycles. The van der Waals surface area contributed by atoms with Gasteiger partial charge in [0.25, 0.3) is 0 Å². The van der Waals surface area contributed by atoms with E-state index in [1.165, 1.54) is 11.3 Å². The lowest BCUT2D eigenvalue weighted by Gasteiger charge is -2.17. The molecule has 3 aromatic rings. The van der Waals surface area contributed by atoms with E-state index in [1.807, 2.05) is 36.4 Å². The number of aromatic nitrogens is 1. The van der Waals surface area contributed by atoms with Gasteiger partial charge in [-0.2, -0.15) is 0 Å². The second-order valence-corrected chi connectivity index (χ2v) is 6.38. The molecular weight excluding hydrogens is 324 g/mol. The third kappa shape index (κ3) is 3.97. The highest BCUT2D eigenvalue weighted by Gasteiger charge is 2.16. The zero-order valence-corrected chi connectivity index (χ0v) is 13.6. The Balaban J connectivity index is 1.65. The van der Waals surface area contributed by atoms with Crippen molar-refractivity contribution in [3.63, 3.8) is 0 Å². The van der Waals surface area contributed by atoms with Crippen molar-refractivity contribution in [2.45, 2.75) is 12.8 Å². The van der Waals surface area contributed by atoms with E-state index in [9.17, 15) is 14.7 Å². The van der Waals surface area contributed by atoms with Crippen LogP contribution in [-0.2, 0) is 16.0 Å². The largest absolute Gasteiger partial charge is 0.550 e. The smallest absolute Gasteiger partial charge is 0.225 e. The van der Waals surface area contributed by atoms with Crippen molar-refractivity contribution in [1.29, 1.82) is 0 Å². The number of hydrogen-bond donors (Lipinski definition) is 1. The number of nitrogens with one attached hydrogen (secondary N) is 1. The minimum absolute atomic E-state index is 0.133. The average molecular weight is 339 g/mol. The van der Waals surface area contributed by atoms with Crippen LogP contribution in [0.3, 0.4) is 0 Å². The molecule has 1 heterocycles. The van der Waals surface area contributed by atoms with Gasteiger partial charge in [0, 0.05) is 24.0 Å². The maximum absolute atomic E-state index is 12.2. The Morgan fingerprint density at radius 2 is 1.96 bits per heavy atom. The maximum Gasteiger partial charge on any atom is 0.225 e. The van der Waals surface area contributed by atoms with E-state index in [0.29, 0.717) is 5.69 Å². The fourth-order valence-corrected chi connectivity index (χ4v) is 3.17. The molecule has 24 heavy (non-hydrogen) atoms. The Hall–Kier alpha value is -2.73. The molecule has 0 radical (unpaired) electrons. The van der Waals surface area contributed by atoms with Crippen LogP contribution in [0.25, 0.3) is 10.2 Å². The topological polar surface area (TPSA) is 82.1 Å². The first-order valence-corrected chi connectivity index (χ1v) is 8.37. The second kappa shape index (κ2) is 7.23. The van der Waals surface area contributed by atoms with E-state index in [4.69, 9.17) is 0 Å². The first kappa shape index (κ1) is 16.1. The van der Waals surface area contributed by atoms with Crippen LogP contribution in [0, 0.1) is 5.92 Å². The van der Waals surface area contributed by atoms with Gasteiger partial charge in [0.05, 0.1) is 15.7 Å². The van der Waals surface area contributed by atoms with E-state index in [1.54, 1.807) is 17.6 Å². The number of anilines is 1. The molecule has 0 fully saturated rings. The quantitative estimate of drug-likeness (QED) is 0.746. The number of carbonyl (C=O) groups is 2. The highest BCUT2D eigenvalue weighted by Crippen LogP contribution is 2.22. The molecule has 122 valence electrons. The van der Waals surface area contributed by atoms with Gasteiger partial charge in [-0.25, -0.2) is 4.98 Å². The molecule has 0 aliphatic carbocycles. The Morgan fingerprint density at radius 1 is 1.17 bits per heavy atom. The molecule has 5 nitrogen and oxygen atoms in total. The predicted molar refractivity (Wildman–Crippen MR) is 91.5 cm³/mol. The minimum Gasteiger partial charge on any atom is -0.550 e. The van der Waals surface area contributed by atoms with Crippen LogP contribution < -0.4 is 10.4 Å². The monoisotopic (exact) mass is 339 g/mol. The average Bonchev–Trinajstić information content (AvgIpc) is 3.02. The highest BCUT2D eigenvalue weighted by atomic mass is 32.1. The van der Waals surface area contributed by atoms with E-state index < -0.39 is 11.9 Å². The summed E-state index contributed by atoms with van der Waals surface area (Å²) in [7, 11) is 0. The molecule has 1 amide bonds. The summed E-state index contributed by atoms with van der Waals surface area (Å²) in [5.41, 5.74) is 4.01. The molecule has 1 atom stereocenters. The van der Waals surface area contributed by atoms with E-state index in [-0.39, 0.29) is 18.7 Å². The summed E-state index contributed by atoms with van der Waals surface area (Å²) >= 11 is 1.52. The number of hydrogen-bond acceptors (Lipinski definition) is 5. The molecule has 0 aliphatic heterocycles. The Morgan fingerprint density at radius 3 is 2.71 bits per heavy atom. The van der Waals surface area contributed by atoms with Crippen LogP contribution in [-0.4, -0.2) is 16.9 Å². The Labute approximate surface area is 143 Å². The van der Waals surface area contributed by atoms with Crippen molar-refractivity contribution in [3.05, 3.63) is 59.6 Å². The molecule has 0 saturated heterocycles. The third-order valence-electron chi connectivity index (χ3n) is 3.70. The second-order valence-electron chi connectivity index (χ2n) is 5.49. The van der Waals surface area contributed by atoms with Gasteiger partial charge in [0.2, 0.25) is 5.91 Å². The predicted octanol–water partition coefficient (Wildman–Crippen LogP) is 2.23. The summed E-state index contributed by atoms with van der Waals surface area (Å²) in [5.74, 6) is -2.44. The highest BCUT2D eigenvalue weighted by molar-refractivity contribution is 7.16. The lowest BCUT2D eigenvalue weighted by Crippen LogP contribution is -2.35. The number of carbonyl (C=O) groups excluding carboxylic acids is 2. The van der Waals surface area contributed by atoms with Crippen molar-refractivity contribution in [2.75, 3.05) is 5.32 Å². The Kier molecular flexibility index (Phi) is 4.86.